The summed E-state index contributed by atoms with van der Waals surface area (Å²) >= 11 is 0. The second kappa shape index (κ2) is 8.12. The average molecular weight is 360 g/mol. The lowest BCUT2D eigenvalue weighted by atomic mass is 10.1. The summed E-state index contributed by atoms with van der Waals surface area (Å²) in [5.74, 6) is 2.23. The molecular weight excluding hydrogens is 332 g/mol. The summed E-state index contributed by atoms with van der Waals surface area (Å²) in [7, 11) is 0. The highest BCUT2D eigenvalue weighted by Crippen LogP contribution is 2.30. The number of carbonyl (C=O) groups excluding carboxylic acids is 1. The molecule has 4 rings (SSSR count). The molecule has 7 nitrogen and oxygen atoms in total. The highest BCUT2D eigenvalue weighted by atomic mass is 16.5. The number of hydrogen-bond acceptors (Lipinski definition) is 5. The number of amides is 2. The van der Waals surface area contributed by atoms with Crippen molar-refractivity contribution in [3.8, 4) is 5.75 Å². The third-order valence-electron chi connectivity index (χ3n) is 5.45. The fraction of sp³-hybridized carbons (Fsp3) is 0.684. The number of nitrogens with one attached hydrogen (secondary N) is 1. The van der Waals surface area contributed by atoms with E-state index in [1.54, 1.807) is 0 Å². The Labute approximate surface area is 154 Å². The molecule has 0 radical (unpaired) electrons. The third-order valence-corrected chi connectivity index (χ3v) is 5.45. The van der Waals surface area contributed by atoms with Crippen LogP contribution in [-0.4, -0.2) is 68.0 Å². The van der Waals surface area contributed by atoms with Gasteiger partial charge in [-0.25, -0.2) is 9.78 Å². The zero-order chi connectivity index (χ0) is 17.8. The predicted octanol–water partition coefficient (Wildman–Crippen LogP) is 1.88. The second-order valence-electron chi connectivity index (χ2n) is 7.41. The minimum absolute atomic E-state index is 0.00829. The lowest BCUT2D eigenvalue weighted by Gasteiger charge is -2.22. The highest BCUT2D eigenvalue weighted by Gasteiger charge is 2.29. The Morgan fingerprint density at radius 2 is 2.19 bits per heavy atom. The quantitative estimate of drug-likeness (QED) is 0.868. The van der Waals surface area contributed by atoms with Gasteiger partial charge in [0.2, 0.25) is 0 Å². The van der Waals surface area contributed by atoms with Crippen LogP contribution in [0.25, 0.3) is 0 Å². The molecule has 1 aromatic rings. The third kappa shape index (κ3) is 4.03. The van der Waals surface area contributed by atoms with Crippen LogP contribution in [0, 0.1) is 5.92 Å². The molecule has 0 aromatic carbocycles. The van der Waals surface area contributed by atoms with E-state index in [1.807, 2.05) is 23.2 Å². The Kier molecular flexibility index (Phi) is 5.43. The SMILES string of the molecule is O=C(NCC1CCOC1)N1CCC(Oc2cccnc2N2CCCC2)C1. The topological polar surface area (TPSA) is 66.9 Å². The molecule has 2 atom stereocenters. The Morgan fingerprint density at radius 1 is 1.31 bits per heavy atom. The molecule has 2 amide bonds. The Bertz CT molecular complexity index is 615. The molecule has 3 aliphatic heterocycles. The number of likely N-dealkylation sites (tertiary alicyclic amines) is 1. The maximum absolute atomic E-state index is 12.4. The first-order chi connectivity index (χ1) is 12.8. The molecule has 7 heteroatoms. The van der Waals surface area contributed by atoms with Gasteiger partial charge in [0, 0.05) is 51.3 Å². The summed E-state index contributed by atoms with van der Waals surface area (Å²) in [6.07, 6.45) is 6.15. The Balaban J connectivity index is 1.29. The van der Waals surface area contributed by atoms with Crippen molar-refractivity contribution in [1.29, 1.82) is 0 Å². The number of urea groups is 1. The summed E-state index contributed by atoms with van der Waals surface area (Å²) in [6.45, 7) is 5.70. The molecule has 0 saturated carbocycles. The molecule has 0 spiro atoms. The predicted molar refractivity (Wildman–Crippen MR) is 98.6 cm³/mol. The van der Waals surface area contributed by atoms with Crippen LogP contribution in [0.15, 0.2) is 18.3 Å². The molecule has 2 unspecified atom stereocenters. The average Bonchev–Trinajstić information content (AvgIpc) is 3.42. The van der Waals surface area contributed by atoms with Gasteiger partial charge >= 0.3 is 6.03 Å². The van der Waals surface area contributed by atoms with Crippen molar-refractivity contribution in [2.24, 2.45) is 5.92 Å². The largest absolute Gasteiger partial charge is 0.485 e. The van der Waals surface area contributed by atoms with Crippen molar-refractivity contribution in [2.75, 3.05) is 50.8 Å². The van der Waals surface area contributed by atoms with Crippen molar-refractivity contribution >= 4 is 11.8 Å². The van der Waals surface area contributed by atoms with Gasteiger partial charge in [-0.15, -0.1) is 0 Å². The van der Waals surface area contributed by atoms with Crippen molar-refractivity contribution in [3.63, 3.8) is 0 Å². The maximum atomic E-state index is 12.4. The van der Waals surface area contributed by atoms with E-state index in [0.717, 1.165) is 57.3 Å². The van der Waals surface area contributed by atoms with Crippen LogP contribution in [0.4, 0.5) is 10.6 Å². The number of ether oxygens (including phenoxy) is 2. The van der Waals surface area contributed by atoms with Crippen LogP contribution in [0.1, 0.15) is 25.7 Å². The summed E-state index contributed by atoms with van der Waals surface area (Å²) in [6, 6.07) is 3.91. The number of nitrogens with zero attached hydrogens (tertiary/aromatic N) is 3. The van der Waals surface area contributed by atoms with Gasteiger partial charge in [0.05, 0.1) is 13.2 Å². The summed E-state index contributed by atoms with van der Waals surface area (Å²) in [5, 5.41) is 3.04. The van der Waals surface area contributed by atoms with Crippen LogP contribution in [0.3, 0.4) is 0 Å². The highest BCUT2D eigenvalue weighted by molar-refractivity contribution is 5.74. The van der Waals surface area contributed by atoms with Crippen molar-refractivity contribution in [2.45, 2.75) is 31.8 Å². The lowest BCUT2D eigenvalue weighted by molar-refractivity contribution is 0.178. The van der Waals surface area contributed by atoms with Gasteiger partial charge in [-0.3, -0.25) is 0 Å². The summed E-state index contributed by atoms with van der Waals surface area (Å²) in [5.41, 5.74) is 0. The van der Waals surface area contributed by atoms with Crippen LogP contribution in [0.2, 0.25) is 0 Å². The van der Waals surface area contributed by atoms with Crippen molar-refractivity contribution < 1.29 is 14.3 Å². The molecule has 1 aromatic heterocycles. The molecule has 0 bridgehead atoms. The van der Waals surface area contributed by atoms with Gasteiger partial charge in [-0.1, -0.05) is 0 Å². The van der Waals surface area contributed by atoms with E-state index < -0.39 is 0 Å². The fourth-order valence-electron chi connectivity index (χ4n) is 3.92. The number of aromatic nitrogens is 1. The first kappa shape index (κ1) is 17.4. The normalized spacial score (nSPS) is 25.7. The molecule has 4 heterocycles. The van der Waals surface area contributed by atoms with E-state index in [9.17, 15) is 4.79 Å². The molecule has 3 aliphatic rings. The zero-order valence-corrected chi connectivity index (χ0v) is 15.2. The van der Waals surface area contributed by atoms with Crippen LogP contribution >= 0.6 is 0 Å². The van der Waals surface area contributed by atoms with Crippen molar-refractivity contribution in [1.82, 2.24) is 15.2 Å². The van der Waals surface area contributed by atoms with E-state index in [2.05, 4.69) is 15.2 Å². The van der Waals surface area contributed by atoms with E-state index in [1.165, 1.54) is 12.8 Å². The van der Waals surface area contributed by atoms with Crippen LogP contribution in [0.5, 0.6) is 5.75 Å². The van der Waals surface area contributed by atoms with E-state index in [4.69, 9.17) is 9.47 Å². The van der Waals surface area contributed by atoms with Crippen molar-refractivity contribution in [3.05, 3.63) is 18.3 Å². The Hall–Kier alpha value is -2.02. The maximum Gasteiger partial charge on any atom is 0.317 e. The van der Waals surface area contributed by atoms with Gasteiger partial charge in [-0.05, 0) is 31.4 Å². The number of pyridine rings is 1. The fourth-order valence-corrected chi connectivity index (χ4v) is 3.92. The molecule has 0 aliphatic carbocycles. The minimum Gasteiger partial charge on any atom is -0.485 e. The monoisotopic (exact) mass is 360 g/mol. The first-order valence-corrected chi connectivity index (χ1v) is 9.77. The number of hydrogen-bond donors (Lipinski definition) is 1. The molecule has 3 saturated heterocycles. The minimum atomic E-state index is 0.00829. The smallest absolute Gasteiger partial charge is 0.317 e. The standard InChI is InChI=1S/C19H28N4O3/c24-19(21-12-15-6-11-25-14-15)23-10-5-16(13-23)26-17-4-3-7-20-18(17)22-8-1-2-9-22/h3-4,7,15-16H,1-2,5-6,8-14H2,(H,21,24). The number of rotatable bonds is 5. The van der Waals surface area contributed by atoms with Gasteiger partial charge in [0.25, 0.3) is 0 Å². The molecule has 142 valence electrons. The summed E-state index contributed by atoms with van der Waals surface area (Å²) in [4.78, 5) is 21.0. The molecular formula is C19H28N4O3. The van der Waals surface area contributed by atoms with Gasteiger partial charge in [0.15, 0.2) is 11.6 Å². The first-order valence-electron chi connectivity index (χ1n) is 9.77. The van der Waals surface area contributed by atoms with Gasteiger partial charge in [-0.2, -0.15) is 0 Å². The van der Waals surface area contributed by atoms with Crippen LogP contribution in [-0.2, 0) is 4.74 Å². The van der Waals surface area contributed by atoms with Gasteiger partial charge in [0.1, 0.15) is 6.10 Å². The molecule has 3 fully saturated rings. The zero-order valence-electron chi connectivity index (χ0n) is 15.2. The van der Waals surface area contributed by atoms with E-state index >= 15 is 0 Å². The number of carbonyl (C=O) groups is 1. The molecule has 1 N–H and O–H groups in total. The second-order valence-corrected chi connectivity index (χ2v) is 7.41. The lowest BCUT2D eigenvalue weighted by Crippen LogP contribution is -2.41. The van der Waals surface area contributed by atoms with E-state index in [0.29, 0.717) is 19.0 Å². The Morgan fingerprint density at radius 3 is 3.00 bits per heavy atom. The number of anilines is 1. The van der Waals surface area contributed by atoms with E-state index in [-0.39, 0.29) is 12.1 Å². The summed E-state index contributed by atoms with van der Waals surface area (Å²) < 4.78 is 11.6. The van der Waals surface area contributed by atoms with Crippen LogP contribution < -0.4 is 15.0 Å². The molecule has 26 heavy (non-hydrogen) atoms. The van der Waals surface area contributed by atoms with Gasteiger partial charge < -0.3 is 24.6 Å².